The molecule has 0 aliphatic heterocycles. The smallest absolute Gasteiger partial charge is 0.336 e. The minimum Gasteiger partial charge on any atom is -0.423 e. The molecule has 21 heavy (non-hydrogen) atoms. The minimum atomic E-state index is -0.397. The van der Waals surface area contributed by atoms with E-state index in [1.54, 1.807) is 36.4 Å². The largest absolute Gasteiger partial charge is 0.423 e. The van der Waals surface area contributed by atoms with Gasteiger partial charge in [0.1, 0.15) is 5.58 Å². The van der Waals surface area contributed by atoms with E-state index in [0.717, 1.165) is 10.9 Å². The van der Waals surface area contributed by atoms with Crippen molar-refractivity contribution in [3.8, 4) is 0 Å². The van der Waals surface area contributed by atoms with Gasteiger partial charge in [0, 0.05) is 28.8 Å². The van der Waals surface area contributed by atoms with Gasteiger partial charge in [0.15, 0.2) is 0 Å². The first kappa shape index (κ1) is 13.1. The molecule has 1 N–H and O–H groups in total. The van der Waals surface area contributed by atoms with Crippen molar-refractivity contribution in [3.63, 3.8) is 0 Å². The zero-order valence-electron chi connectivity index (χ0n) is 11.4. The summed E-state index contributed by atoms with van der Waals surface area (Å²) < 4.78 is 5.16. The Balaban J connectivity index is 1.95. The van der Waals surface area contributed by atoms with Gasteiger partial charge >= 0.3 is 5.63 Å². The van der Waals surface area contributed by atoms with Gasteiger partial charge in [0.25, 0.3) is 5.91 Å². The van der Waals surface area contributed by atoms with E-state index < -0.39 is 5.63 Å². The Bertz CT molecular complexity index is 866. The molecule has 0 radical (unpaired) electrons. The molecule has 0 aliphatic rings. The van der Waals surface area contributed by atoms with Crippen LogP contribution in [0.25, 0.3) is 11.0 Å². The second-order valence-electron chi connectivity index (χ2n) is 4.78. The first-order chi connectivity index (χ1) is 10.1. The number of carbonyl (C=O) groups excluding carboxylic acids is 1. The number of nitrogens with one attached hydrogen (secondary N) is 1. The average Bonchev–Trinajstić information content (AvgIpc) is 2.47. The fraction of sp³-hybridized carbons (Fsp3) is 0.0588. The monoisotopic (exact) mass is 279 g/mol. The molecule has 4 heteroatoms. The maximum Gasteiger partial charge on any atom is 0.336 e. The normalized spacial score (nSPS) is 10.5. The lowest BCUT2D eigenvalue weighted by Gasteiger charge is -2.07. The topological polar surface area (TPSA) is 59.3 Å². The summed E-state index contributed by atoms with van der Waals surface area (Å²) in [6.45, 7) is 1.85. The van der Waals surface area contributed by atoms with Crippen molar-refractivity contribution in [2.75, 3.05) is 5.32 Å². The van der Waals surface area contributed by atoms with Crippen molar-refractivity contribution in [2.24, 2.45) is 0 Å². The molecule has 0 saturated heterocycles. The van der Waals surface area contributed by atoms with Crippen LogP contribution in [-0.2, 0) is 0 Å². The van der Waals surface area contributed by atoms with E-state index in [1.807, 2.05) is 19.1 Å². The molecule has 0 bridgehead atoms. The average molecular weight is 279 g/mol. The van der Waals surface area contributed by atoms with Crippen molar-refractivity contribution >= 4 is 22.6 Å². The Labute approximate surface area is 121 Å². The van der Waals surface area contributed by atoms with Gasteiger partial charge in [0.05, 0.1) is 0 Å². The zero-order chi connectivity index (χ0) is 14.8. The second kappa shape index (κ2) is 5.25. The van der Waals surface area contributed by atoms with Crippen molar-refractivity contribution in [3.05, 3.63) is 76.1 Å². The highest BCUT2D eigenvalue weighted by atomic mass is 16.4. The molecule has 0 saturated carbocycles. The van der Waals surface area contributed by atoms with Crippen LogP contribution in [-0.4, -0.2) is 5.91 Å². The first-order valence-electron chi connectivity index (χ1n) is 6.54. The molecule has 1 amide bonds. The maximum atomic E-state index is 12.1. The Morgan fingerprint density at radius 3 is 2.57 bits per heavy atom. The van der Waals surface area contributed by atoms with Crippen LogP contribution in [0.5, 0.6) is 0 Å². The molecule has 104 valence electrons. The Morgan fingerprint density at radius 1 is 1.05 bits per heavy atom. The number of aryl methyl sites for hydroxylation is 1. The van der Waals surface area contributed by atoms with Crippen LogP contribution in [0.3, 0.4) is 0 Å². The predicted molar refractivity (Wildman–Crippen MR) is 81.6 cm³/mol. The predicted octanol–water partition coefficient (Wildman–Crippen LogP) is 3.35. The molecule has 2 aromatic carbocycles. The summed E-state index contributed by atoms with van der Waals surface area (Å²) in [6, 6.07) is 15.7. The lowest BCUT2D eigenvalue weighted by molar-refractivity contribution is 0.102. The fourth-order valence-corrected chi connectivity index (χ4v) is 2.20. The molecule has 0 unspecified atom stereocenters. The van der Waals surface area contributed by atoms with Crippen molar-refractivity contribution < 1.29 is 9.21 Å². The van der Waals surface area contributed by atoms with E-state index in [9.17, 15) is 9.59 Å². The highest BCUT2D eigenvalue weighted by molar-refractivity contribution is 6.05. The number of rotatable bonds is 2. The number of anilines is 1. The molecule has 0 spiro atoms. The summed E-state index contributed by atoms with van der Waals surface area (Å²) in [5.74, 6) is -0.204. The van der Waals surface area contributed by atoms with Gasteiger partial charge in [-0.3, -0.25) is 4.79 Å². The molecule has 1 heterocycles. The second-order valence-corrected chi connectivity index (χ2v) is 4.78. The Morgan fingerprint density at radius 2 is 1.81 bits per heavy atom. The van der Waals surface area contributed by atoms with E-state index in [4.69, 9.17) is 4.42 Å². The maximum absolute atomic E-state index is 12.1. The minimum absolute atomic E-state index is 0.204. The first-order valence-corrected chi connectivity index (χ1v) is 6.54. The van der Waals surface area contributed by atoms with E-state index in [-0.39, 0.29) is 5.91 Å². The van der Waals surface area contributed by atoms with Crippen LogP contribution in [0.1, 0.15) is 15.9 Å². The third kappa shape index (κ3) is 2.69. The van der Waals surface area contributed by atoms with Gasteiger partial charge in [-0.15, -0.1) is 0 Å². The van der Waals surface area contributed by atoms with Gasteiger partial charge in [-0.2, -0.15) is 0 Å². The van der Waals surface area contributed by atoms with Crippen LogP contribution in [0, 0.1) is 6.92 Å². The van der Waals surface area contributed by atoms with E-state index >= 15 is 0 Å². The fourth-order valence-electron chi connectivity index (χ4n) is 2.20. The number of hydrogen-bond acceptors (Lipinski definition) is 3. The van der Waals surface area contributed by atoms with E-state index in [1.165, 1.54) is 6.07 Å². The lowest BCUT2D eigenvalue weighted by Crippen LogP contribution is -2.11. The van der Waals surface area contributed by atoms with Crippen molar-refractivity contribution in [1.29, 1.82) is 0 Å². The number of hydrogen-bond donors (Lipinski definition) is 1. The highest BCUT2D eigenvalue weighted by Crippen LogP contribution is 2.21. The van der Waals surface area contributed by atoms with Crippen LogP contribution >= 0.6 is 0 Å². The molecule has 0 aliphatic carbocycles. The summed E-state index contributed by atoms with van der Waals surface area (Å²) in [4.78, 5) is 23.5. The molecular weight excluding hydrogens is 266 g/mol. The van der Waals surface area contributed by atoms with E-state index in [0.29, 0.717) is 16.8 Å². The summed E-state index contributed by atoms with van der Waals surface area (Å²) in [6.07, 6.45) is 0. The summed E-state index contributed by atoms with van der Waals surface area (Å²) >= 11 is 0. The third-order valence-electron chi connectivity index (χ3n) is 3.25. The Hall–Kier alpha value is -2.88. The van der Waals surface area contributed by atoms with Gasteiger partial charge in [-0.05, 0) is 36.8 Å². The summed E-state index contributed by atoms with van der Waals surface area (Å²) in [5, 5.41) is 3.64. The molecule has 3 rings (SSSR count). The van der Waals surface area contributed by atoms with Gasteiger partial charge in [0.2, 0.25) is 0 Å². The quantitative estimate of drug-likeness (QED) is 0.732. The van der Waals surface area contributed by atoms with Crippen molar-refractivity contribution in [1.82, 2.24) is 0 Å². The van der Waals surface area contributed by atoms with Gasteiger partial charge < -0.3 is 9.73 Å². The van der Waals surface area contributed by atoms with Gasteiger partial charge in [-0.25, -0.2) is 4.79 Å². The number of carbonyl (C=O) groups is 1. The Kier molecular flexibility index (Phi) is 3.28. The highest BCUT2D eigenvalue weighted by Gasteiger charge is 2.07. The molecular formula is C17H13NO3. The van der Waals surface area contributed by atoms with E-state index in [2.05, 4.69) is 5.32 Å². The molecule has 0 fully saturated rings. The van der Waals surface area contributed by atoms with Crippen LogP contribution in [0.2, 0.25) is 0 Å². The molecule has 4 nitrogen and oxygen atoms in total. The van der Waals surface area contributed by atoms with Crippen LogP contribution < -0.4 is 10.9 Å². The SMILES string of the molecule is Cc1cc(=O)oc2cc(NC(=O)c3ccccc3)ccc12. The zero-order valence-corrected chi connectivity index (χ0v) is 11.4. The third-order valence-corrected chi connectivity index (χ3v) is 3.25. The van der Waals surface area contributed by atoms with Crippen molar-refractivity contribution in [2.45, 2.75) is 6.92 Å². The lowest BCUT2D eigenvalue weighted by atomic mass is 10.1. The standard InChI is InChI=1S/C17H13NO3/c1-11-9-16(19)21-15-10-13(7-8-14(11)15)18-17(20)12-5-3-2-4-6-12/h2-10H,1H3,(H,18,20). The summed E-state index contributed by atoms with van der Waals surface area (Å²) in [5.41, 5.74) is 2.08. The number of fused-ring (bicyclic) bond motifs is 1. The summed E-state index contributed by atoms with van der Waals surface area (Å²) in [7, 11) is 0. The number of amides is 1. The van der Waals surface area contributed by atoms with Crippen LogP contribution in [0.4, 0.5) is 5.69 Å². The molecule has 3 aromatic rings. The number of benzene rings is 2. The van der Waals surface area contributed by atoms with Crippen LogP contribution in [0.15, 0.2) is 63.8 Å². The van der Waals surface area contributed by atoms with Gasteiger partial charge in [-0.1, -0.05) is 18.2 Å². The molecule has 1 aromatic heterocycles. The molecule has 0 atom stereocenters.